The van der Waals surface area contributed by atoms with Crippen LogP contribution in [0.4, 0.5) is 0 Å². The SMILES string of the molecule is CC1(C(=O)O)CCCN(C(=O)C2CSCN2C(=O)c2ccccc2)C1. The average molecular weight is 362 g/mol. The molecule has 0 spiro atoms. The maximum Gasteiger partial charge on any atom is 0.311 e. The lowest BCUT2D eigenvalue weighted by atomic mass is 9.82. The summed E-state index contributed by atoms with van der Waals surface area (Å²) in [6.45, 7) is 2.44. The van der Waals surface area contributed by atoms with Crippen molar-refractivity contribution in [1.82, 2.24) is 9.80 Å². The lowest BCUT2D eigenvalue weighted by Crippen LogP contribution is -2.54. The van der Waals surface area contributed by atoms with Gasteiger partial charge in [0.2, 0.25) is 5.91 Å². The van der Waals surface area contributed by atoms with Gasteiger partial charge in [0.25, 0.3) is 5.91 Å². The summed E-state index contributed by atoms with van der Waals surface area (Å²) in [6.07, 6.45) is 1.24. The summed E-state index contributed by atoms with van der Waals surface area (Å²) in [5.74, 6) is -0.127. The van der Waals surface area contributed by atoms with Crippen molar-refractivity contribution >= 4 is 29.5 Å². The molecule has 2 fully saturated rings. The van der Waals surface area contributed by atoms with Crippen LogP contribution in [-0.4, -0.2) is 63.5 Å². The average Bonchev–Trinajstić information content (AvgIpc) is 3.10. The molecular weight excluding hydrogens is 340 g/mol. The Morgan fingerprint density at radius 2 is 1.96 bits per heavy atom. The number of carboxylic acid groups (broad SMARTS) is 1. The van der Waals surface area contributed by atoms with Gasteiger partial charge in [-0.25, -0.2) is 0 Å². The van der Waals surface area contributed by atoms with Crippen molar-refractivity contribution in [3.63, 3.8) is 0 Å². The van der Waals surface area contributed by atoms with Crippen LogP contribution in [0.1, 0.15) is 30.1 Å². The van der Waals surface area contributed by atoms with Gasteiger partial charge in [-0.2, -0.15) is 0 Å². The van der Waals surface area contributed by atoms with Gasteiger partial charge in [0.1, 0.15) is 6.04 Å². The van der Waals surface area contributed by atoms with Crippen molar-refractivity contribution < 1.29 is 19.5 Å². The Morgan fingerprint density at radius 1 is 1.24 bits per heavy atom. The normalized spacial score (nSPS) is 26.5. The topological polar surface area (TPSA) is 77.9 Å². The highest BCUT2D eigenvalue weighted by Crippen LogP contribution is 2.32. The molecule has 1 N–H and O–H groups in total. The minimum absolute atomic E-state index is 0.138. The van der Waals surface area contributed by atoms with Crippen molar-refractivity contribution in [2.75, 3.05) is 24.7 Å². The summed E-state index contributed by atoms with van der Waals surface area (Å²) >= 11 is 1.55. The number of carboxylic acids is 1. The standard InChI is InChI=1S/C18H22N2O4S/c1-18(17(23)24)8-5-9-19(11-18)16(22)14-10-25-12-20(14)15(21)13-6-3-2-4-7-13/h2-4,6-7,14H,5,8-12H2,1H3,(H,23,24). The van der Waals surface area contributed by atoms with E-state index in [0.717, 1.165) is 0 Å². The Hall–Kier alpha value is -2.02. The Balaban J connectivity index is 1.75. The quantitative estimate of drug-likeness (QED) is 0.889. The molecule has 0 aliphatic carbocycles. The molecule has 1 aromatic rings. The van der Waals surface area contributed by atoms with Crippen LogP contribution in [0.5, 0.6) is 0 Å². The highest BCUT2D eigenvalue weighted by atomic mass is 32.2. The third-order valence-corrected chi connectivity index (χ3v) is 5.99. The molecule has 0 bridgehead atoms. The number of piperidine rings is 1. The van der Waals surface area contributed by atoms with Gasteiger partial charge >= 0.3 is 5.97 Å². The zero-order valence-electron chi connectivity index (χ0n) is 14.2. The molecule has 3 rings (SSSR count). The Labute approximate surface area is 151 Å². The largest absolute Gasteiger partial charge is 0.481 e. The van der Waals surface area contributed by atoms with Crippen molar-refractivity contribution in [1.29, 1.82) is 0 Å². The molecule has 2 atom stereocenters. The predicted molar refractivity (Wildman–Crippen MR) is 95.3 cm³/mol. The second kappa shape index (κ2) is 7.07. The number of aliphatic carboxylic acids is 1. The number of thioether (sulfide) groups is 1. The predicted octanol–water partition coefficient (Wildman–Crippen LogP) is 1.91. The molecule has 0 aromatic heterocycles. The third-order valence-electron chi connectivity index (χ3n) is 4.97. The molecular formula is C18H22N2O4S. The van der Waals surface area contributed by atoms with E-state index in [-0.39, 0.29) is 18.4 Å². The van der Waals surface area contributed by atoms with E-state index in [0.29, 0.717) is 36.6 Å². The molecule has 1 aromatic carbocycles. The Morgan fingerprint density at radius 3 is 2.64 bits per heavy atom. The van der Waals surface area contributed by atoms with Crippen LogP contribution in [0.3, 0.4) is 0 Å². The van der Waals surface area contributed by atoms with Gasteiger partial charge in [-0.15, -0.1) is 11.8 Å². The second-order valence-corrected chi connectivity index (χ2v) is 7.89. The lowest BCUT2D eigenvalue weighted by molar-refractivity contribution is -0.154. The first kappa shape index (κ1) is 17.8. The molecule has 7 heteroatoms. The highest BCUT2D eigenvalue weighted by molar-refractivity contribution is 7.99. The number of rotatable bonds is 3. The van der Waals surface area contributed by atoms with Gasteiger partial charge in [-0.05, 0) is 31.9 Å². The van der Waals surface area contributed by atoms with Gasteiger partial charge in [0.05, 0.1) is 11.3 Å². The summed E-state index contributed by atoms with van der Waals surface area (Å²) in [5.41, 5.74) is -0.342. The zero-order chi connectivity index (χ0) is 18.0. The summed E-state index contributed by atoms with van der Waals surface area (Å²) in [5, 5.41) is 9.44. The van der Waals surface area contributed by atoms with Gasteiger partial charge in [-0.1, -0.05) is 18.2 Å². The van der Waals surface area contributed by atoms with Gasteiger partial charge in [-0.3, -0.25) is 14.4 Å². The van der Waals surface area contributed by atoms with Crippen molar-refractivity contribution in [3.05, 3.63) is 35.9 Å². The smallest absolute Gasteiger partial charge is 0.311 e. The number of hydrogen-bond acceptors (Lipinski definition) is 4. The highest BCUT2D eigenvalue weighted by Gasteiger charge is 2.43. The fourth-order valence-electron chi connectivity index (χ4n) is 3.41. The van der Waals surface area contributed by atoms with E-state index in [2.05, 4.69) is 0 Å². The lowest BCUT2D eigenvalue weighted by Gasteiger charge is -2.39. The Kier molecular flexibility index (Phi) is 5.03. The number of hydrogen-bond donors (Lipinski definition) is 1. The summed E-state index contributed by atoms with van der Waals surface area (Å²) in [4.78, 5) is 40.5. The maximum atomic E-state index is 13.0. The van der Waals surface area contributed by atoms with Crippen LogP contribution in [0.15, 0.2) is 30.3 Å². The number of amides is 2. The molecule has 134 valence electrons. The molecule has 2 unspecified atom stereocenters. The van der Waals surface area contributed by atoms with Crippen LogP contribution in [-0.2, 0) is 9.59 Å². The van der Waals surface area contributed by atoms with E-state index in [1.807, 2.05) is 6.07 Å². The van der Waals surface area contributed by atoms with Gasteiger partial charge in [0, 0.05) is 24.4 Å². The first-order valence-electron chi connectivity index (χ1n) is 8.38. The zero-order valence-corrected chi connectivity index (χ0v) is 15.0. The second-order valence-electron chi connectivity index (χ2n) is 6.89. The molecule has 2 heterocycles. The summed E-state index contributed by atoms with van der Waals surface area (Å²) in [7, 11) is 0. The van der Waals surface area contributed by atoms with E-state index < -0.39 is 17.4 Å². The minimum Gasteiger partial charge on any atom is -0.481 e. The molecule has 0 saturated carbocycles. The summed E-state index contributed by atoms with van der Waals surface area (Å²) in [6, 6.07) is 8.42. The van der Waals surface area contributed by atoms with Crippen molar-refractivity contribution in [2.45, 2.75) is 25.8 Å². The van der Waals surface area contributed by atoms with Crippen LogP contribution >= 0.6 is 11.8 Å². The molecule has 2 aliphatic rings. The number of nitrogens with zero attached hydrogens (tertiary/aromatic N) is 2. The maximum absolute atomic E-state index is 13.0. The van der Waals surface area contributed by atoms with Crippen LogP contribution in [0, 0.1) is 5.41 Å². The van der Waals surface area contributed by atoms with E-state index in [1.54, 1.807) is 52.8 Å². The van der Waals surface area contributed by atoms with Crippen LogP contribution in [0.2, 0.25) is 0 Å². The fraction of sp³-hybridized carbons (Fsp3) is 0.500. The van der Waals surface area contributed by atoms with Gasteiger partial charge in [0.15, 0.2) is 0 Å². The first-order chi connectivity index (χ1) is 11.9. The molecule has 2 aliphatic heterocycles. The summed E-state index contributed by atoms with van der Waals surface area (Å²) < 4.78 is 0. The van der Waals surface area contributed by atoms with E-state index >= 15 is 0 Å². The number of benzene rings is 1. The third kappa shape index (κ3) is 3.51. The number of carbonyl (C=O) groups is 3. The molecule has 0 radical (unpaired) electrons. The molecule has 6 nitrogen and oxygen atoms in total. The van der Waals surface area contributed by atoms with E-state index in [9.17, 15) is 19.5 Å². The molecule has 2 amide bonds. The fourth-order valence-corrected chi connectivity index (χ4v) is 4.55. The number of carbonyl (C=O) groups excluding carboxylic acids is 2. The Bertz CT molecular complexity index is 681. The van der Waals surface area contributed by atoms with Crippen molar-refractivity contribution in [2.24, 2.45) is 5.41 Å². The van der Waals surface area contributed by atoms with E-state index in [1.165, 1.54) is 0 Å². The minimum atomic E-state index is -0.909. The van der Waals surface area contributed by atoms with E-state index in [4.69, 9.17) is 0 Å². The monoisotopic (exact) mass is 362 g/mol. The van der Waals surface area contributed by atoms with Crippen molar-refractivity contribution in [3.8, 4) is 0 Å². The molecule has 25 heavy (non-hydrogen) atoms. The van der Waals surface area contributed by atoms with Crippen LogP contribution in [0.25, 0.3) is 0 Å². The van der Waals surface area contributed by atoms with Crippen LogP contribution < -0.4 is 0 Å². The molecule has 2 saturated heterocycles. The number of likely N-dealkylation sites (tertiary alicyclic amines) is 1. The first-order valence-corrected chi connectivity index (χ1v) is 9.54. The van der Waals surface area contributed by atoms with Gasteiger partial charge < -0.3 is 14.9 Å².